The lowest BCUT2D eigenvalue weighted by Crippen LogP contribution is -2.34. The Balaban J connectivity index is 2.32. The molecule has 1 aromatic carbocycles. The monoisotopic (exact) mass is 194 g/mol. The zero-order valence-corrected chi connectivity index (χ0v) is 8.26. The van der Waals surface area contributed by atoms with Crippen LogP contribution < -0.4 is 11.3 Å². The Morgan fingerprint density at radius 3 is 2.57 bits per heavy atom. The maximum absolute atomic E-state index is 13.5. The van der Waals surface area contributed by atoms with Gasteiger partial charge in [0, 0.05) is 5.56 Å². The Hall–Kier alpha value is -0.930. The maximum atomic E-state index is 13.5. The van der Waals surface area contributed by atoms with Gasteiger partial charge in [-0.3, -0.25) is 11.3 Å². The topological polar surface area (TPSA) is 38.0 Å². The van der Waals surface area contributed by atoms with Crippen LogP contribution >= 0.6 is 0 Å². The van der Waals surface area contributed by atoms with Crippen LogP contribution in [0.15, 0.2) is 24.3 Å². The summed E-state index contributed by atoms with van der Waals surface area (Å²) in [5, 5.41) is 0. The van der Waals surface area contributed by atoms with E-state index in [-0.39, 0.29) is 17.3 Å². The molecule has 0 aliphatic heterocycles. The van der Waals surface area contributed by atoms with Crippen molar-refractivity contribution in [1.82, 2.24) is 5.43 Å². The standard InChI is InChI=1S/C11H15FN2/c1-11(6-7-11)10(14-13)8-4-2-3-5-9(8)12/h2-5,10,14H,6-7,13H2,1H3. The van der Waals surface area contributed by atoms with Crippen LogP contribution in [0.4, 0.5) is 4.39 Å². The van der Waals surface area contributed by atoms with E-state index >= 15 is 0 Å². The molecular weight excluding hydrogens is 179 g/mol. The molecule has 0 saturated heterocycles. The van der Waals surface area contributed by atoms with E-state index < -0.39 is 0 Å². The Bertz CT molecular complexity index is 334. The van der Waals surface area contributed by atoms with Crippen LogP contribution in [0.2, 0.25) is 0 Å². The van der Waals surface area contributed by atoms with Crippen molar-refractivity contribution in [2.45, 2.75) is 25.8 Å². The van der Waals surface area contributed by atoms with Gasteiger partial charge in [0.2, 0.25) is 0 Å². The van der Waals surface area contributed by atoms with Crippen molar-refractivity contribution >= 4 is 0 Å². The summed E-state index contributed by atoms with van der Waals surface area (Å²) >= 11 is 0. The van der Waals surface area contributed by atoms with Crippen LogP contribution in [0.3, 0.4) is 0 Å². The van der Waals surface area contributed by atoms with E-state index in [1.807, 2.05) is 6.07 Å². The molecule has 0 bridgehead atoms. The lowest BCUT2D eigenvalue weighted by Gasteiger charge is -2.23. The highest BCUT2D eigenvalue weighted by molar-refractivity contribution is 5.25. The van der Waals surface area contributed by atoms with Gasteiger partial charge in [0.25, 0.3) is 0 Å². The fourth-order valence-electron chi connectivity index (χ4n) is 1.86. The van der Waals surface area contributed by atoms with Gasteiger partial charge in [-0.15, -0.1) is 0 Å². The van der Waals surface area contributed by atoms with Crippen LogP contribution in [0.1, 0.15) is 31.4 Å². The molecule has 1 atom stereocenters. The third kappa shape index (κ3) is 1.53. The van der Waals surface area contributed by atoms with Crippen LogP contribution in [-0.4, -0.2) is 0 Å². The molecule has 0 radical (unpaired) electrons. The molecule has 3 N–H and O–H groups in total. The van der Waals surface area contributed by atoms with Gasteiger partial charge >= 0.3 is 0 Å². The number of halogens is 1. The number of hydrazine groups is 1. The van der Waals surface area contributed by atoms with E-state index in [1.165, 1.54) is 6.07 Å². The zero-order valence-electron chi connectivity index (χ0n) is 8.26. The average Bonchev–Trinajstić information content (AvgIpc) is 2.89. The number of rotatable bonds is 3. The second kappa shape index (κ2) is 3.33. The number of nitrogens with one attached hydrogen (secondary N) is 1. The van der Waals surface area contributed by atoms with E-state index in [2.05, 4.69) is 12.3 Å². The molecule has 1 aliphatic carbocycles. The van der Waals surface area contributed by atoms with Crippen LogP contribution in [0, 0.1) is 11.2 Å². The third-order valence-electron chi connectivity index (χ3n) is 3.12. The van der Waals surface area contributed by atoms with E-state index in [0.717, 1.165) is 12.8 Å². The van der Waals surface area contributed by atoms with Crippen molar-refractivity contribution in [2.75, 3.05) is 0 Å². The van der Waals surface area contributed by atoms with Crippen molar-refractivity contribution in [3.8, 4) is 0 Å². The van der Waals surface area contributed by atoms with Gasteiger partial charge in [-0.1, -0.05) is 25.1 Å². The highest BCUT2D eigenvalue weighted by atomic mass is 19.1. The van der Waals surface area contributed by atoms with E-state index in [1.54, 1.807) is 12.1 Å². The molecule has 1 unspecified atom stereocenters. The fourth-order valence-corrected chi connectivity index (χ4v) is 1.86. The molecule has 2 rings (SSSR count). The summed E-state index contributed by atoms with van der Waals surface area (Å²) < 4.78 is 13.5. The van der Waals surface area contributed by atoms with E-state index in [9.17, 15) is 4.39 Å². The molecule has 0 spiro atoms. The molecule has 14 heavy (non-hydrogen) atoms. The van der Waals surface area contributed by atoms with Gasteiger partial charge in [-0.25, -0.2) is 4.39 Å². The number of hydrogen-bond donors (Lipinski definition) is 2. The van der Waals surface area contributed by atoms with Crippen LogP contribution in [0.5, 0.6) is 0 Å². The minimum Gasteiger partial charge on any atom is -0.271 e. The molecule has 1 fully saturated rings. The molecule has 1 saturated carbocycles. The largest absolute Gasteiger partial charge is 0.271 e. The Kier molecular flexibility index (Phi) is 2.29. The summed E-state index contributed by atoms with van der Waals surface area (Å²) in [7, 11) is 0. The van der Waals surface area contributed by atoms with Crippen molar-refractivity contribution < 1.29 is 4.39 Å². The molecule has 0 amide bonds. The minimum absolute atomic E-state index is 0.0660. The highest BCUT2D eigenvalue weighted by Crippen LogP contribution is 2.54. The van der Waals surface area contributed by atoms with Crippen molar-refractivity contribution in [3.05, 3.63) is 35.6 Å². The second-order valence-corrected chi connectivity index (χ2v) is 4.28. The summed E-state index contributed by atoms with van der Waals surface area (Å²) in [4.78, 5) is 0. The Morgan fingerprint density at radius 1 is 1.43 bits per heavy atom. The van der Waals surface area contributed by atoms with Crippen molar-refractivity contribution in [1.29, 1.82) is 0 Å². The van der Waals surface area contributed by atoms with Gasteiger partial charge < -0.3 is 0 Å². The molecule has 0 aromatic heterocycles. The molecule has 3 heteroatoms. The molecule has 1 aromatic rings. The molecular formula is C11H15FN2. The molecule has 1 aliphatic rings. The van der Waals surface area contributed by atoms with Crippen LogP contribution in [-0.2, 0) is 0 Å². The third-order valence-corrected chi connectivity index (χ3v) is 3.12. The lowest BCUT2D eigenvalue weighted by atomic mass is 9.92. The summed E-state index contributed by atoms with van der Waals surface area (Å²) in [6, 6.07) is 6.74. The highest BCUT2D eigenvalue weighted by Gasteiger charge is 2.45. The molecule has 76 valence electrons. The van der Waals surface area contributed by atoms with E-state index in [4.69, 9.17) is 5.84 Å². The summed E-state index contributed by atoms with van der Waals surface area (Å²) in [5.74, 6) is 5.31. The molecule has 0 heterocycles. The normalized spacial score (nSPS) is 20.5. The summed E-state index contributed by atoms with van der Waals surface area (Å²) in [5.41, 5.74) is 3.53. The first-order chi connectivity index (χ1) is 6.67. The van der Waals surface area contributed by atoms with Gasteiger partial charge in [-0.2, -0.15) is 0 Å². The zero-order chi connectivity index (χ0) is 10.2. The smallest absolute Gasteiger partial charge is 0.128 e. The first-order valence-corrected chi connectivity index (χ1v) is 4.88. The van der Waals surface area contributed by atoms with Gasteiger partial charge in [0.1, 0.15) is 5.82 Å². The Labute approximate surface area is 83.3 Å². The lowest BCUT2D eigenvalue weighted by molar-refractivity contribution is 0.360. The maximum Gasteiger partial charge on any atom is 0.128 e. The van der Waals surface area contributed by atoms with Crippen molar-refractivity contribution in [2.24, 2.45) is 11.3 Å². The predicted octanol–water partition coefficient (Wildman–Crippen LogP) is 2.13. The number of benzene rings is 1. The van der Waals surface area contributed by atoms with Crippen molar-refractivity contribution in [3.63, 3.8) is 0 Å². The molecule has 2 nitrogen and oxygen atoms in total. The van der Waals surface area contributed by atoms with E-state index in [0.29, 0.717) is 5.56 Å². The van der Waals surface area contributed by atoms with Crippen LogP contribution in [0.25, 0.3) is 0 Å². The first-order valence-electron chi connectivity index (χ1n) is 4.88. The average molecular weight is 194 g/mol. The minimum atomic E-state index is -0.177. The fraction of sp³-hybridized carbons (Fsp3) is 0.455. The van der Waals surface area contributed by atoms with Gasteiger partial charge in [0.05, 0.1) is 6.04 Å². The first kappa shape index (κ1) is 9.62. The van der Waals surface area contributed by atoms with Gasteiger partial charge in [-0.05, 0) is 24.3 Å². The summed E-state index contributed by atoms with van der Waals surface area (Å²) in [6.45, 7) is 2.13. The SMILES string of the molecule is CC1(C(NN)c2ccccc2F)CC1. The van der Waals surface area contributed by atoms with Gasteiger partial charge in [0.15, 0.2) is 0 Å². The Morgan fingerprint density at radius 2 is 2.07 bits per heavy atom. The quantitative estimate of drug-likeness (QED) is 0.571. The number of hydrogen-bond acceptors (Lipinski definition) is 2. The second-order valence-electron chi connectivity index (χ2n) is 4.28. The summed E-state index contributed by atoms with van der Waals surface area (Å²) in [6.07, 6.45) is 2.21. The predicted molar refractivity (Wildman–Crippen MR) is 53.8 cm³/mol. The number of nitrogens with two attached hydrogens (primary N) is 1.